The molecule has 2 heterocycles. The predicted molar refractivity (Wildman–Crippen MR) is 84.5 cm³/mol. The van der Waals surface area contributed by atoms with E-state index in [1.807, 2.05) is 31.2 Å². The van der Waals surface area contributed by atoms with Crippen LogP contribution in [0.3, 0.4) is 0 Å². The summed E-state index contributed by atoms with van der Waals surface area (Å²) in [5.41, 5.74) is 2.35. The van der Waals surface area contributed by atoms with Crippen LogP contribution in [0.4, 0.5) is 0 Å². The fourth-order valence-corrected chi connectivity index (χ4v) is 2.07. The van der Waals surface area contributed by atoms with Crippen molar-refractivity contribution in [3.8, 4) is 11.4 Å². The smallest absolute Gasteiger partial charge is 0.251 e. The number of aromatic nitrogens is 3. The second kappa shape index (κ2) is 6.83. The maximum atomic E-state index is 12.1. The Morgan fingerprint density at radius 2 is 2.04 bits per heavy atom. The van der Waals surface area contributed by atoms with Gasteiger partial charge < -0.3 is 9.84 Å². The van der Waals surface area contributed by atoms with E-state index in [1.54, 1.807) is 24.5 Å². The van der Waals surface area contributed by atoms with Gasteiger partial charge in [0.05, 0.1) is 0 Å². The van der Waals surface area contributed by atoms with Crippen LogP contribution in [0.2, 0.25) is 0 Å². The topological polar surface area (TPSA) is 80.9 Å². The zero-order valence-electron chi connectivity index (χ0n) is 12.7. The molecule has 3 aromatic rings. The summed E-state index contributed by atoms with van der Waals surface area (Å²) in [4.78, 5) is 20.4. The molecule has 6 heteroatoms. The first-order valence-corrected chi connectivity index (χ1v) is 7.36. The highest BCUT2D eigenvalue weighted by molar-refractivity contribution is 5.94. The number of carbonyl (C=O) groups is 1. The first-order valence-electron chi connectivity index (χ1n) is 7.36. The van der Waals surface area contributed by atoms with E-state index in [9.17, 15) is 4.79 Å². The van der Waals surface area contributed by atoms with E-state index >= 15 is 0 Å². The maximum absolute atomic E-state index is 12.1. The highest BCUT2D eigenvalue weighted by Crippen LogP contribution is 2.16. The van der Waals surface area contributed by atoms with Crippen LogP contribution in [0.15, 0.2) is 53.3 Å². The standard InChI is InChI=1S/C17H16N4O2/c1-2-15-20-16(21-23-15)13-5-7-14(8-6-13)17(22)19-11-12-4-3-9-18-10-12/h3-10H,2,11H2,1H3,(H,19,22). The number of hydrogen-bond donors (Lipinski definition) is 1. The van der Waals surface area contributed by atoms with Crippen LogP contribution in [0.5, 0.6) is 0 Å². The molecule has 1 aromatic carbocycles. The Labute approximate surface area is 133 Å². The van der Waals surface area contributed by atoms with Crippen LogP contribution < -0.4 is 5.32 Å². The summed E-state index contributed by atoms with van der Waals surface area (Å²) < 4.78 is 5.09. The minimum absolute atomic E-state index is 0.136. The van der Waals surface area contributed by atoms with Gasteiger partial charge in [-0.25, -0.2) is 0 Å². The minimum Gasteiger partial charge on any atom is -0.348 e. The quantitative estimate of drug-likeness (QED) is 0.783. The van der Waals surface area contributed by atoms with Crippen molar-refractivity contribution in [1.82, 2.24) is 20.4 Å². The first-order chi connectivity index (χ1) is 11.3. The number of carbonyl (C=O) groups excluding carboxylic acids is 1. The summed E-state index contributed by atoms with van der Waals surface area (Å²) in [6, 6.07) is 10.9. The molecule has 0 aliphatic rings. The summed E-state index contributed by atoms with van der Waals surface area (Å²) >= 11 is 0. The molecule has 0 saturated heterocycles. The van der Waals surface area contributed by atoms with Crippen LogP contribution in [0.1, 0.15) is 28.7 Å². The molecule has 1 N–H and O–H groups in total. The van der Waals surface area contributed by atoms with Gasteiger partial charge in [-0.05, 0) is 23.8 Å². The van der Waals surface area contributed by atoms with Gasteiger partial charge in [-0.2, -0.15) is 4.98 Å². The van der Waals surface area contributed by atoms with Crippen molar-refractivity contribution >= 4 is 5.91 Å². The average molecular weight is 308 g/mol. The highest BCUT2D eigenvalue weighted by atomic mass is 16.5. The molecule has 0 bridgehead atoms. The summed E-state index contributed by atoms with van der Waals surface area (Å²) in [6.07, 6.45) is 4.12. The lowest BCUT2D eigenvalue weighted by Crippen LogP contribution is -2.22. The number of amides is 1. The summed E-state index contributed by atoms with van der Waals surface area (Å²) in [7, 11) is 0. The Morgan fingerprint density at radius 3 is 2.70 bits per heavy atom. The van der Waals surface area contributed by atoms with Gasteiger partial charge in [-0.3, -0.25) is 9.78 Å². The molecule has 23 heavy (non-hydrogen) atoms. The van der Waals surface area contributed by atoms with Crippen molar-refractivity contribution in [3.63, 3.8) is 0 Å². The molecule has 0 saturated carbocycles. The van der Waals surface area contributed by atoms with E-state index in [0.29, 0.717) is 30.2 Å². The van der Waals surface area contributed by atoms with E-state index in [-0.39, 0.29) is 5.91 Å². The largest absolute Gasteiger partial charge is 0.348 e. The molecule has 0 aliphatic heterocycles. The monoisotopic (exact) mass is 308 g/mol. The number of benzene rings is 1. The van der Waals surface area contributed by atoms with Crippen molar-refractivity contribution in [1.29, 1.82) is 0 Å². The Morgan fingerprint density at radius 1 is 1.22 bits per heavy atom. The lowest BCUT2D eigenvalue weighted by molar-refractivity contribution is 0.0951. The van der Waals surface area contributed by atoms with Crippen LogP contribution >= 0.6 is 0 Å². The molecular weight excluding hydrogens is 292 g/mol. The predicted octanol–water partition coefficient (Wildman–Crippen LogP) is 2.62. The van der Waals surface area contributed by atoms with Crippen LogP contribution in [-0.2, 0) is 13.0 Å². The number of nitrogens with one attached hydrogen (secondary N) is 1. The molecule has 0 fully saturated rings. The Bertz CT molecular complexity index is 782. The van der Waals surface area contributed by atoms with Crippen molar-refractivity contribution in [3.05, 3.63) is 65.8 Å². The normalized spacial score (nSPS) is 10.5. The van der Waals surface area contributed by atoms with Crippen LogP contribution in [0, 0.1) is 0 Å². The van der Waals surface area contributed by atoms with Gasteiger partial charge in [-0.15, -0.1) is 0 Å². The number of pyridine rings is 1. The van der Waals surface area contributed by atoms with Gasteiger partial charge in [0.15, 0.2) is 0 Å². The number of nitrogens with zero attached hydrogens (tertiary/aromatic N) is 3. The summed E-state index contributed by atoms with van der Waals surface area (Å²) in [6.45, 7) is 2.39. The van der Waals surface area contributed by atoms with Crippen molar-refractivity contribution in [2.24, 2.45) is 0 Å². The van der Waals surface area contributed by atoms with Crippen LogP contribution in [-0.4, -0.2) is 21.0 Å². The molecule has 1 amide bonds. The van der Waals surface area contributed by atoms with Crippen molar-refractivity contribution < 1.29 is 9.32 Å². The third-order valence-electron chi connectivity index (χ3n) is 3.35. The van der Waals surface area contributed by atoms with Crippen LogP contribution in [0.25, 0.3) is 11.4 Å². The van der Waals surface area contributed by atoms with Gasteiger partial charge >= 0.3 is 0 Å². The van der Waals surface area contributed by atoms with Gasteiger partial charge in [-0.1, -0.05) is 30.3 Å². The Kier molecular flexibility index (Phi) is 4.42. The summed E-state index contributed by atoms with van der Waals surface area (Å²) in [5, 5.41) is 6.77. The van der Waals surface area contributed by atoms with E-state index in [4.69, 9.17) is 4.52 Å². The lowest BCUT2D eigenvalue weighted by Gasteiger charge is -2.05. The van der Waals surface area contributed by atoms with E-state index in [2.05, 4.69) is 20.4 Å². The Balaban J connectivity index is 1.65. The van der Waals surface area contributed by atoms with Gasteiger partial charge in [0, 0.05) is 36.5 Å². The molecule has 0 radical (unpaired) electrons. The molecule has 6 nitrogen and oxygen atoms in total. The van der Waals surface area contributed by atoms with E-state index in [0.717, 1.165) is 11.1 Å². The number of hydrogen-bond acceptors (Lipinski definition) is 5. The van der Waals surface area contributed by atoms with E-state index in [1.165, 1.54) is 0 Å². The molecule has 3 rings (SSSR count). The molecule has 0 unspecified atom stereocenters. The third-order valence-corrected chi connectivity index (χ3v) is 3.35. The molecule has 0 spiro atoms. The SMILES string of the molecule is CCc1nc(-c2ccc(C(=O)NCc3cccnc3)cc2)no1. The second-order valence-corrected chi connectivity index (χ2v) is 4.99. The first kappa shape index (κ1) is 14.9. The maximum Gasteiger partial charge on any atom is 0.251 e. The average Bonchev–Trinajstić information content (AvgIpc) is 3.10. The molecular formula is C17H16N4O2. The summed E-state index contributed by atoms with van der Waals surface area (Å²) in [5.74, 6) is 0.991. The second-order valence-electron chi connectivity index (χ2n) is 4.99. The van der Waals surface area contributed by atoms with Crippen molar-refractivity contribution in [2.75, 3.05) is 0 Å². The minimum atomic E-state index is -0.136. The number of aryl methyl sites for hydroxylation is 1. The zero-order chi connectivity index (χ0) is 16.1. The Hall–Kier alpha value is -3.02. The zero-order valence-corrected chi connectivity index (χ0v) is 12.7. The van der Waals surface area contributed by atoms with Gasteiger partial charge in [0.25, 0.3) is 5.91 Å². The number of rotatable bonds is 5. The molecule has 2 aromatic heterocycles. The van der Waals surface area contributed by atoms with Gasteiger partial charge in [0.2, 0.25) is 11.7 Å². The fraction of sp³-hybridized carbons (Fsp3) is 0.176. The highest BCUT2D eigenvalue weighted by Gasteiger charge is 2.09. The lowest BCUT2D eigenvalue weighted by atomic mass is 10.1. The fourth-order valence-electron chi connectivity index (χ4n) is 2.07. The van der Waals surface area contributed by atoms with Gasteiger partial charge in [0.1, 0.15) is 0 Å². The van der Waals surface area contributed by atoms with E-state index < -0.39 is 0 Å². The molecule has 116 valence electrons. The molecule has 0 atom stereocenters. The van der Waals surface area contributed by atoms with Crippen molar-refractivity contribution in [2.45, 2.75) is 19.9 Å². The third kappa shape index (κ3) is 3.60. The molecule has 0 aliphatic carbocycles.